The lowest BCUT2D eigenvalue weighted by Crippen LogP contribution is -1.99. The quantitative estimate of drug-likeness (QED) is 0.805. The van der Waals surface area contributed by atoms with Gasteiger partial charge in [0.2, 0.25) is 5.95 Å². The van der Waals surface area contributed by atoms with Crippen LogP contribution in [0.1, 0.15) is 11.4 Å². The maximum Gasteiger partial charge on any atom is 0.227 e. The van der Waals surface area contributed by atoms with Gasteiger partial charge in [-0.1, -0.05) is 0 Å². The van der Waals surface area contributed by atoms with Crippen LogP contribution in [-0.2, 0) is 7.05 Å². The molecule has 0 bridgehead atoms. The standard InChI is InChI=1S/C10H13N5/c1-7-4-8(2)13-10(12-7)14-9-5-11-15(3)6-9/h4-6H,1-3H3,(H,12,13,14). The number of hydrogen-bond acceptors (Lipinski definition) is 4. The fourth-order valence-electron chi connectivity index (χ4n) is 1.40. The van der Waals surface area contributed by atoms with Crippen molar-refractivity contribution in [3.05, 3.63) is 29.8 Å². The summed E-state index contributed by atoms with van der Waals surface area (Å²) >= 11 is 0. The summed E-state index contributed by atoms with van der Waals surface area (Å²) in [4.78, 5) is 8.56. The van der Waals surface area contributed by atoms with Gasteiger partial charge in [0.15, 0.2) is 0 Å². The normalized spacial score (nSPS) is 10.3. The van der Waals surface area contributed by atoms with Crippen molar-refractivity contribution in [1.29, 1.82) is 0 Å². The summed E-state index contributed by atoms with van der Waals surface area (Å²) in [5.74, 6) is 0.612. The van der Waals surface area contributed by atoms with Crippen LogP contribution in [0.3, 0.4) is 0 Å². The van der Waals surface area contributed by atoms with E-state index in [1.807, 2.05) is 33.2 Å². The first-order valence-electron chi connectivity index (χ1n) is 4.71. The lowest BCUT2D eigenvalue weighted by molar-refractivity contribution is 0.768. The molecule has 2 rings (SSSR count). The third-order valence-corrected chi connectivity index (χ3v) is 1.94. The molecule has 0 unspecified atom stereocenters. The molecule has 0 amide bonds. The van der Waals surface area contributed by atoms with Crippen molar-refractivity contribution >= 4 is 11.6 Å². The first kappa shape index (κ1) is 9.64. The number of nitrogens with one attached hydrogen (secondary N) is 1. The zero-order valence-corrected chi connectivity index (χ0v) is 9.02. The predicted octanol–water partition coefficient (Wildman–Crippen LogP) is 1.57. The average Bonchev–Trinajstić information content (AvgIpc) is 2.49. The molecule has 0 fully saturated rings. The lowest BCUT2D eigenvalue weighted by atomic mass is 10.4. The highest BCUT2D eigenvalue weighted by molar-refractivity contribution is 5.50. The van der Waals surface area contributed by atoms with Gasteiger partial charge in [0.05, 0.1) is 11.9 Å². The molecule has 0 spiro atoms. The Balaban J connectivity index is 2.24. The van der Waals surface area contributed by atoms with Crippen molar-refractivity contribution in [2.45, 2.75) is 13.8 Å². The number of nitrogens with zero attached hydrogens (tertiary/aromatic N) is 4. The van der Waals surface area contributed by atoms with Crippen molar-refractivity contribution in [3.8, 4) is 0 Å². The summed E-state index contributed by atoms with van der Waals surface area (Å²) in [6, 6.07) is 1.94. The highest BCUT2D eigenvalue weighted by Gasteiger charge is 2.01. The van der Waals surface area contributed by atoms with E-state index in [0.717, 1.165) is 17.1 Å². The summed E-state index contributed by atoms with van der Waals surface area (Å²) in [7, 11) is 1.87. The minimum atomic E-state index is 0.612. The molecular weight excluding hydrogens is 190 g/mol. The van der Waals surface area contributed by atoms with Gasteiger partial charge in [-0.2, -0.15) is 5.10 Å². The van der Waals surface area contributed by atoms with E-state index < -0.39 is 0 Å². The highest BCUT2D eigenvalue weighted by Crippen LogP contribution is 2.11. The van der Waals surface area contributed by atoms with Crippen LogP contribution in [0.2, 0.25) is 0 Å². The summed E-state index contributed by atoms with van der Waals surface area (Å²) in [6.45, 7) is 3.90. The fourth-order valence-corrected chi connectivity index (χ4v) is 1.40. The van der Waals surface area contributed by atoms with Crippen LogP contribution < -0.4 is 5.32 Å². The van der Waals surface area contributed by atoms with Gasteiger partial charge in [-0.25, -0.2) is 9.97 Å². The van der Waals surface area contributed by atoms with E-state index in [2.05, 4.69) is 20.4 Å². The Morgan fingerprint density at radius 3 is 2.40 bits per heavy atom. The Morgan fingerprint density at radius 1 is 1.20 bits per heavy atom. The molecule has 0 aliphatic rings. The molecular formula is C10H13N5. The molecule has 2 heterocycles. The molecule has 2 aromatic rings. The van der Waals surface area contributed by atoms with E-state index in [1.54, 1.807) is 10.9 Å². The number of aryl methyl sites for hydroxylation is 3. The molecule has 0 radical (unpaired) electrons. The summed E-state index contributed by atoms with van der Waals surface area (Å²) in [6.07, 6.45) is 3.61. The van der Waals surface area contributed by atoms with Gasteiger partial charge in [0, 0.05) is 24.6 Å². The molecule has 15 heavy (non-hydrogen) atoms. The summed E-state index contributed by atoms with van der Waals surface area (Å²) < 4.78 is 1.73. The van der Waals surface area contributed by atoms with E-state index in [-0.39, 0.29) is 0 Å². The molecule has 0 saturated carbocycles. The Hall–Kier alpha value is -1.91. The van der Waals surface area contributed by atoms with Gasteiger partial charge in [0.25, 0.3) is 0 Å². The molecule has 0 aliphatic carbocycles. The SMILES string of the molecule is Cc1cc(C)nc(Nc2cnn(C)c2)n1. The van der Waals surface area contributed by atoms with E-state index >= 15 is 0 Å². The molecule has 0 atom stereocenters. The van der Waals surface area contributed by atoms with Crippen LogP contribution in [0, 0.1) is 13.8 Å². The zero-order chi connectivity index (χ0) is 10.8. The highest BCUT2D eigenvalue weighted by atomic mass is 15.3. The Labute approximate surface area is 88.2 Å². The van der Waals surface area contributed by atoms with Crippen molar-refractivity contribution in [3.63, 3.8) is 0 Å². The van der Waals surface area contributed by atoms with Crippen LogP contribution in [0.5, 0.6) is 0 Å². The van der Waals surface area contributed by atoms with E-state index in [0.29, 0.717) is 5.95 Å². The molecule has 2 aromatic heterocycles. The summed E-state index contributed by atoms with van der Waals surface area (Å²) in [5, 5.41) is 7.16. The topological polar surface area (TPSA) is 55.6 Å². The first-order chi connectivity index (χ1) is 7.13. The number of anilines is 2. The third-order valence-electron chi connectivity index (χ3n) is 1.94. The van der Waals surface area contributed by atoms with Crippen molar-refractivity contribution < 1.29 is 0 Å². The molecule has 5 nitrogen and oxygen atoms in total. The minimum absolute atomic E-state index is 0.612. The molecule has 0 saturated heterocycles. The van der Waals surface area contributed by atoms with Crippen molar-refractivity contribution in [1.82, 2.24) is 19.7 Å². The smallest absolute Gasteiger partial charge is 0.227 e. The predicted molar refractivity (Wildman–Crippen MR) is 58.0 cm³/mol. The second kappa shape index (κ2) is 3.68. The average molecular weight is 203 g/mol. The fraction of sp³-hybridized carbons (Fsp3) is 0.300. The van der Waals surface area contributed by atoms with Gasteiger partial charge in [-0.3, -0.25) is 4.68 Å². The second-order valence-electron chi connectivity index (χ2n) is 3.50. The Morgan fingerprint density at radius 2 is 1.87 bits per heavy atom. The second-order valence-corrected chi connectivity index (χ2v) is 3.50. The van der Waals surface area contributed by atoms with E-state index in [1.165, 1.54) is 0 Å². The molecule has 78 valence electrons. The Kier molecular flexibility index (Phi) is 2.37. The minimum Gasteiger partial charge on any atom is -0.321 e. The van der Waals surface area contributed by atoms with Crippen LogP contribution in [0.15, 0.2) is 18.5 Å². The molecule has 0 aliphatic heterocycles. The Bertz CT molecular complexity index is 454. The van der Waals surface area contributed by atoms with Gasteiger partial charge in [-0.15, -0.1) is 0 Å². The summed E-state index contributed by atoms with van der Waals surface area (Å²) in [5.41, 5.74) is 2.80. The third kappa shape index (κ3) is 2.31. The van der Waals surface area contributed by atoms with Crippen LogP contribution in [0.4, 0.5) is 11.6 Å². The maximum absolute atomic E-state index is 4.28. The number of aromatic nitrogens is 4. The number of rotatable bonds is 2. The zero-order valence-electron chi connectivity index (χ0n) is 9.02. The molecule has 5 heteroatoms. The van der Waals surface area contributed by atoms with Crippen LogP contribution >= 0.6 is 0 Å². The van der Waals surface area contributed by atoms with Gasteiger partial charge in [-0.05, 0) is 19.9 Å². The van der Waals surface area contributed by atoms with Crippen molar-refractivity contribution in [2.75, 3.05) is 5.32 Å². The van der Waals surface area contributed by atoms with Gasteiger partial charge < -0.3 is 5.32 Å². The maximum atomic E-state index is 4.28. The first-order valence-corrected chi connectivity index (χ1v) is 4.71. The van der Waals surface area contributed by atoms with E-state index in [9.17, 15) is 0 Å². The largest absolute Gasteiger partial charge is 0.321 e. The van der Waals surface area contributed by atoms with Crippen LogP contribution in [0.25, 0.3) is 0 Å². The molecule has 0 aromatic carbocycles. The lowest BCUT2D eigenvalue weighted by Gasteiger charge is -2.03. The van der Waals surface area contributed by atoms with Gasteiger partial charge in [0.1, 0.15) is 0 Å². The number of hydrogen-bond donors (Lipinski definition) is 1. The molecule has 1 N–H and O–H groups in total. The monoisotopic (exact) mass is 203 g/mol. The van der Waals surface area contributed by atoms with Crippen molar-refractivity contribution in [2.24, 2.45) is 7.05 Å². The van der Waals surface area contributed by atoms with E-state index in [4.69, 9.17) is 0 Å². The van der Waals surface area contributed by atoms with Gasteiger partial charge >= 0.3 is 0 Å². The van der Waals surface area contributed by atoms with Crippen LogP contribution in [-0.4, -0.2) is 19.7 Å².